The minimum Gasteiger partial charge on any atom is -0.495 e. The predicted octanol–water partition coefficient (Wildman–Crippen LogP) is 4.93. The smallest absolute Gasteiger partial charge is 0.418 e. The van der Waals surface area contributed by atoms with Gasteiger partial charge in [-0.05, 0) is 37.1 Å². The van der Waals surface area contributed by atoms with Gasteiger partial charge in [-0.1, -0.05) is 31.2 Å². The molecule has 0 aliphatic carbocycles. The standard InChI is InChI=1S/C22H21F3N2O3/c1-4-17(21(29)26-16-10-6-5-9-15(16)22(23,24)25)27-19(28)12-13(2)14-8-7-11-18(30-3)20(14)27/h5-12,17H,4H2,1-3H3,(H,26,29). The van der Waals surface area contributed by atoms with Crippen LogP contribution >= 0.6 is 0 Å². The Hall–Kier alpha value is -3.29. The van der Waals surface area contributed by atoms with Gasteiger partial charge in [0.25, 0.3) is 5.56 Å². The fourth-order valence-corrected chi connectivity index (χ4v) is 3.55. The van der Waals surface area contributed by atoms with E-state index in [0.29, 0.717) is 16.8 Å². The van der Waals surface area contributed by atoms with Crippen molar-refractivity contribution in [1.29, 1.82) is 0 Å². The largest absolute Gasteiger partial charge is 0.495 e. The molecule has 2 aromatic carbocycles. The van der Waals surface area contributed by atoms with Crippen molar-refractivity contribution in [1.82, 2.24) is 4.57 Å². The van der Waals surface area contributed by atoms with Crippen molar-refractivity contribution < 1.29 is 22.7 Å². The number of alkyl halides is 3. The molecule has 3 rings (SSSR count). The van der Waals surface area contributed by atoms with E-state index in [0.717, 1.165) is 11.5 Å². The summed E-state index contributed by atoms with van der Waals surface area (Å²) < 4.78 is 46.6. The molecule has 1 atom stereocenters. The Morgan fingerprint density at radius 1 is 1.17 bits per heavy atom. The van der Waals surface area contributed by atoms with E-state index >= 15 is 0 Å². The van der Waals surface area contributed by atoms with E-state index in [1.165, 1.54) is 35.9 Å². The number of carbonyl (C=O) groups excluding carboxylic acids is 1. The van der Waals surface area contributed by atoms with Crippen molar-refractivity contribution in [2.45, 2.75) is 32.5 Å². The number of para-hydroxylation sites is 2. The SMILES string of the molecule is CCC(C(=O)Nc1ccccc1C(F)(F)F)n1c(=O)cc(C)c2cccc(OC)c21. The molecular weight excluding hydrogens is 397 g/mol. The highest BCUT2D eigenvalue weighted by Gasteiger charge is 2.34. The highest BCUT2D eigenvalue weighted by Crippen LogP contribution is 2.35. The summed E-state index contributed by atoms with van der Waals surface area (Å²) in [6, 6.07) is 10.3. The zero-order valence-corrected chi connectivity index (χ0v) is 16.7. The summed E-state index contributed by atoms with van der Waals surface area (Å²) in [5.74, 6) is -0.317. The van der Waals surface area contributed by atoms with Crippen LogP contribution in [0.3, 0.4) is 0 Å². The lowest BCUT2D eigenvalue weighted by Gasteiger charge is -2.23. The number of hydrogen-bond donors (Lipinski definition) is 1. The van der Waals surface area contributed by atoms with E-state index in [1.807, 2.05) is 0 Å². The number of methoxy groups -OCH3 is 1. The number of ether oxygens (including phenoxy) is 1. The maximum absolute atomic E-state index is 13.3. The van der Waals surface area contributed by atoms with E-state index < -0.39 is 29.2 Å². The number of benzene rings is 2. The topological polar surface area (TPSA) is 60.3 Å². The normalized spacial score (nSPS) is 12.6. The summed E-state index contributed by atoms with van der Waals surface area (Å²) in [5, 5.41) is 3.07. The number of nitrogens with zero attached hydrogens (tertiary/aromatic N) is 1. The molecule has 0 aliphatic rings. The van der Waals surface area contributed by atoms with Gasteiger partial charge < -0.3 is 10.1 Å². The predicted molar refractivity (Wildman–Crippen MR) is 109 cm³/mol. The Balaban J connectivity index is 2.13. The Kier molecular flexibility index (Phi) is 5.87. The minimum absolute atomic E-state index is 0.191. The van der Waals surface area contributed by atoms with Gasteiger partial charge in [-0.15, -0.1) is 0 Å². The van der Waals surface area contributed by atoms with Crippen LogP contribution in [0.2, 0.25) is 0 Å². The Morgan fingerprint density at radius 3 is 2.50 bits per heavy atom. The van der Waals surface area contributed by atoms with Crippen LogP contribution in [0.4, 0.5) is 18.9 Å². The number of aromatic nitrogens is 1. The lowest BCUT2D eigenvalue weighted by Crippen LogP contribution is -2.34. The zero-order chi connectivity index (χ0) is 22.1. The molecule has 0 bridgehead atoms. The molecule has 158 valence electrons. The molecule has 0 fully saturated rings. The van der Waals surface area contributed by atoms with Crippen LogP contribution in [0.15, 0.2) is 53.3 Å². The number of rotatable bonds is 5. The zero-order valence-electron chi connectivity index (χ0n) is 16.7. The summed E-state index contributed by atoms with van der Waals surface area (Å²) in [6.07, 6.45) is -4.43. The average molecular weight is 418 g/mol. The monoisotopic (exact) mass is 418 g/mol. The quantitative estimate of drug-likeness (QED) is 0.639. The molecule has 30 heavy (non-hydrogen) atoms. The maximum atomic E-state index is 13.3. The molecule has 1 N–H and O–H groups in total. The molecular formula is C22H21F3N2O3. The van der Waals surface area contributed by atoms with Gasteiger partial charge in [0, 0.05) is 11.5 Å². The molecule has 5 nitrogen and oxygen atoms in total. The third-order valence-corrected chi connectivity index (χ3v) is 4.95. The van der Waals surface area contributed by atoms with Gasteiger partial charge in [-0.25, -0.2) is 0 Å². The highest BCUT2D eigenvalue weighted by molar-refractivity contribution is 5.96. The Morgan fingerprint density at radius 2 is 1.87 bits per heavy atom. The van der Waals surface area contributed by atoms with Crippen LogP contribution in [0.5, 0.6) is 5.75 Å². The van der Waals surface area contributed by atoms with Crippen molar-refractivity contribution in [3.63, 3.8) is 0 Å². The Bertz CT molecular complexity index is 1150. The van der Waals surface area contributed by atoms with E-state index in [1.54, 1.807) is 32.0 Å². The first-order chi connectivity index (χ1) is 14.2. The van der Waals surface area contributed by atoms with Crippen LogP contribution in [0.25, 0.3) is 10.9 Å². The summed E-state index contributed by atoms with van der Waals surface area (Å²) in [7, 11) is 1.45. The second-order valence-electron chi connectivity index (χ2n) is 6.85. The van der Waals surface area contributed by atoms with Crippen molar-refractivity contribution in [3.05, 3.63) is 70.0 Å². The summed E-state index contributed by atoms with van der Waals surface area (Å²) in [5.41, 5.74) is -0.605. The second kappa shape index (κ2) is 8.22. The third kappa shape index (κ3) is 3.90. The number of fused-ring (bicyclic) bond motifs is 1. The number of nitrogens with one attached hydrogen (secondary N) is 1. The molecule has 1 aromatic heterocycles. The number of pyridine rings is 1. The minimum atomic E-state index is -4.62. The van der Waals surface area contributed by atoms with E-state index in [2.05, 4.69) is 5.32 Å². The second-order valence-corrected chi connectivity index (χ2v) is 6.85. The number of carbonyl (C=O) groups is 1. The van der Waals surface area contributed by atoms with Crippen molar-refractivity contribution >= 4 is 22.5 Å². The van der Waals surface area contributed by atoms with Gasteiger partial charge in [0.15, 0.2) is 0 Å². The van der Waals surface area contributed by atoms with Gasteiger partial charge in [-0.2, -0.15) is 13.2 Å². The first-order valence-corrected chi connectivity index (χ1v) is 9.35. The first-order valence-electron chi connectivity index (χ1n) is 9.35. The molecule has 3 aromatic rings. The Labute approximate surface area is 171 Å². The average Bonchev–Trinajstić information content (AvgIpc) is 2.70. The number of halogens is 3. The molecule has 0 saturated heterocycles. The van der Waals surface area contributed by atoms with Gasteiger partial charge in [0.05, 0.1) is 23.9 Å². The fourth-order valence-electron chi connectivity index (χ4n) is 3.55. The summed E-state index contributed by atoms with van der Waals surface area (Å²) in [6.45, 7) is 3.46. The molecule has 8 heteroatoms. The molecule has 1 unspecified atom stereocenters. The van der Waals surface area contributed by atoms with Gasteiger partial charge in [-0.3, -0.25) is 14.2 Å². The molecule has 0 spiro atoms. The summed E-state index contributed by atoms with van der Waals surface area (Å²) >= 11 is 0. The highest BCUT2D eigenvalue weighted by atomic mass is 19.4. The van der Waals surface area contributed by atoms with Crippen LogP contribution < -0.4 is 15.6 Å². The van der Waals surface area contributed by atoms with Crippen LogP contribution in [0, 0.1) is 6.92 Å². The van der Waals surface area contributed by atoms with Crippen LogP contribution in [0.1, 0.15) is 30.5 Å². The number of amides is 1. The van der Waals surface area contributed by atoms with Gasteiger partial charge in [0.1, 0.15) is 11.8 Å². The molecule has 1 amide bonds. The molecule has 0 radical (unpaired) electrons. The van der Waals surface area contributed by atoms with Crippen LogP contribution in [-0.4, -0.2) is 17.6 Å². The molecule has 1 heterocycles. The van der Waals surface area contributed by atoms with Gasteiger partial charge in [0.2, 0.25) is 5.91 Å². The van der Waals surface area contributed by atoms with Gasteiger partial charge >= 0.3 is 6.18 Å². The lowest BCUT2D eigenvalue weighted by atomic mass is 10.1. The molecule has 0 aliphatic heterocycles. The summed E-state index contributed by atoms with van der Waals surface area (Å²) in [4.78, 5) is 25.9. The van der Waals surface area contributed by atoms with Crippen molar-refractivity contribution in [3.8, 4) is 5.75 Å². The van der Waals surface area contributed by atoms with E-state index in [-0.39, 0.29) is 12.1 Å². The van der Waals surface area contributed by atoms with E-state index in [4.69, 9.17) is 4.74 Å². The van der Waals surface area contributed by atoms with Crippen molar-refractivity contribution in [2.75, 3.05) is 12.4 Å². The fraction of sp³-hybridized carbons (Fsp3) is 0.273. The first kappa shape index (κ1) is 21.4. The third-order valence-electron chi connectivity index (χ3n) is 4.95. The number of anilines is 1. The molecule has 0 saturated carbocycles. The number of hydrogen-bond acceptors (Lipinski definition) is 3. The lowest BCUT2D eigenvalue weighted by molar-refractivity contribution is -0.137. The maximum Gasteiger partial charge on any atom is 0.418 e. The van der Waals surface area contributed by atoms with Crippen LogP contribution in [-0.2, 0) is 11.0 Å². The van der Waals surface area contributed by atoms with E-state index in [9.17, 15) is 22.8 Å². The van der Waals surface area contributed by atoms with Crippen molar-refractivity contribution in [2.24, 2.45) is 0 Å². The number of aryl methyl sites for hydroxylation is 1.